The first-order chi connectivity index (χ1) is 11.4. The van der Waals surface area contributed by atoms with Crippen LogP contribution < -0.4 is 10.6 Å². The van der Waals surface area contributed by atoms with Gasteiger partial charge in [-0.2, -0.15) is 0 Å². The summed E-state index contributed by atoms with van der Waals surface area (Å²) in [6, 6.07) is 13.5. The molecule has 0 aromatic heterocycles. The van der Waals surface area contributed by atoms with Crippen molar-refractivity contribution in [3.05, 3.63) is 75.8 Å². The highest BCUT2D eigenvalue weighted by atomic mass is 32.1. The molecule has 0 aliphatic heterocycles. The molecule has 0 bridgehead atoms. The van der Waals surface area contributed by atoms with Crippen molar-refractivity contribution in [2.45, 2.75) is 6.92 Å². The number of hydrogen-bond donors (Lipinski definition) is 2. The number of thiocarbonyl (C=S) groups is 1. The second-order valence-corrected chi connectivity index (χ2v) is 5.40. The second-order valence-electron chi connectivity index (χ2n) is 4.99. The van der Waals surface area contributed by atoms with Gasteiger partial charge in [0.2, 0.25) is 5.91 Å². The number of carbonyl (C=O) groups excluding carboxylic acids is 1. The van der Waals surface area contributed by atoms with Crippen molar-refractivity contribution >= 4 is 40.7 Å². The van der Waals surface area contributed by atoms with Crippen LogP contribution in [0, 0.1) is 17.0 Å². The predicted molar refractivity (Wildman–Crippen MR) is 97.7 cm³/mol. The number of hydrogen-bond acceptors (Lipinski definition) is 4. The van der Waals surface area contributed by atoms with Gasteiger partial charge in [0.15, 0.2) is 5.11 Å². The second kappa shape index (κ2) is 7.98. The first-order valence-corrected chi connectivity index (χ1v) is 7.46. The molecule has 0 fully saturated rings. The van der Waals surface area contributed by atoms with E-state index in [4.69, 9.17) is 12.2 Å². The van der Waals surface area contributed by atoms with Gasteiger partial charge in [-0.05, 0) is 42.9 Å². The number of carbonyl (C=O) groups is 1. The molecule has 0 atom stereocenters. The molecule has 6 nitrogen and oxygen atoms in total. The van der Waals surface area contributed by atoms with Crippen LogP contribution in [-0.4, -0.2) is 15.9 Å². The molecule has 7 heteroatoms. The van der Waals surface area contributed by atoms with Gasteiger partial charge in [0, 0.05) is 23.9 Å². The summed E-state index contributed by atoms with van der Waals surface area (Å²) in [5, 5.41) is 16.3. The molecule has 2 N–H and O–H groups in total. The molecule has 0 heterocycles. The van der Waals surface area contributed by atoms with E-state index in [-0.39, 0.29) is 10.8 Å². The quantitative estimate of drug-likeness (QED) is 0.385. The monoisotopic (exact) mass is 341 g/mol. The molecule has 0 spiro atoms. The number of anilines is 1. The van der Waals surface area contributed by atoms with Gasteiger partial charge < -0.3 is 5.32 Å². The van der Waals surface area contributed by atoms with Crippen LogP contribution in [0.2, 0.25) is 0 Å². The largest absolute Gasteiger partial charge is 0.332 e. The van der Waals surface area contributed by atoms with Crippen LogP contribution in [0.3, 0.4) is 0 Å². The van der Waals surface area contributed by atoms with Crippen LogP contribution in [0.4, 0.5) is 11.4 Å². The highest BCUT2D eigenvalue weighted by molar-refractivity contribution is 7.80. The summed E-state index contributed by atoms with van der Waals surface area (Å²) < 4.78 is 0. The number of aryl methyl sites for hydroxylation is 1. The maximum absolute atomic E-state index is 11.8. The summed E-state index contributed by atoms with van der Waals surface area (Å²) in [6.45, 7) is 1.97. The van der Waals surface area contributed by atoms with E-state index in [0.717, 1.165) is 11.3 Å². The molecule has 0 radical (unpaired) electrons. The average molecular weight is 341 g/mol. The minimum atomic E-state index is -0.488. The lowest BCUT2D eigenvalue weighted by atomic mass is 10.2. The van der Waals surface area contributed by atoms with E-state index in [2.05, 4.69) is 10.6 Å². The Morgan fingerprint density at radius 2 is 1.92 bits per heavy atom. The molecule has 0 saturated carbocycles. The lowest BCUT2D eigenvalue weighted by molar-refractivity contribution is -0.384. The molecule has 0 unspecified atom stereocenters. The van der Waals surface area contributed by atoms with Crippen LogP contribution in [-0.2, 0) is 4.79 Å². The van der Waals surface area contributed by atoms with Crippen molar-refractivity contribution in [1.82, 2.24) is 5.32 Å². The first kappa shape index (κ1) is 17.3. The Morgan fingerprint density at radius 3 is 2.58 bits per heavy atom. The van der Waals surface area contributed by atoms with E-state index >= 15 is 0 Å². The van der Waals surface area contributed by atoms with Gasteiger partial charge in [-0.25, -0.2) is 0 Å². The predicted octanol–water partition coefficient (Wildman–Crippen LogP) is 3.43. The van der Waals surface area contributed by atoms with Gasteiger partial charge >= 0.3 is 0 Å². The number of amides is 1. The lowest BCUT2D eigenvalue weighted by Crippen LogP contribution is -2.32. The maximum Gasteiger partial charge on any atom is 0.270 e. The zero-order valence-corrected chi connectivity index (χ0v) is 13.7. The van der Waals surface area contributed by atoms with Crippen molar-refractivity contribution in [3.8, 4) is 0 Å². The number of non-ortho nitro benzene ring substituents is 1. The van der Waals surface area contributed by atoms with E-state index in [9.17, 15) is 14.9 Å². The van der Waals surface area contributed by atoms with Gasteiger partial charge in [-0.15, -0.1) is 0 Å². The molecular formula is C17H15N3O3S. The van der Waals surface area contributed by atoms with Crippen LogP contribution in [0.5, 0.6) is 0 Å². The van der Waals surface area contributed by atoms with Gasteiger partial charge in [0.05, 0.1) is 4.92 Å². The smallest absolute Gasteiger partial charge is 0.270 e. The van der Waals surface area contributed by atoms with Crippen molar-refractivity contribution in [3.63, 3.8) is 0 Å². The van der Waals surface area contributed by atoms with Crippen LogP contribution in [0.15, 0.2) is 54.6 Å². The van der Waals surface area contributed by atoms with E-state index in [1.54, 1.807) is 12.1 Å². The van der Waals surface area contributed by atoms with Gasteiger partial charge in [0.1, 0.15) is 0 Å². The van der Waals surface area contributed by atoms with E-state index in [1.807, 2.05) is 31.2 Å². The Balaban J connectivity index is 1.92. The van der Waals surface area contributed by atoms with Crippen molar-refractivity contribution in [2.24, 2.45) is 0 Å². The summed E-state index contributed by atoms with van der Waals surface area (Å²) >= 11 is 5.06. The fraction of sp³-hybridized carbons (Fsp3) is 0.0588. The minimum absolute atomic E-state index is 0.0332. The van der Waals surface area contributed by atoms with E-state index in [0.29, 0.717) is 5.56 Å². The van der Waals surface area contributed by atoms with Gasteiger partial charge in [-0.1, -0.05) is 29.8 Å². The number of benzene rings is 2. The summed E-state index contributed by atoms with van der Waals surface area (Å²) in [6.07, 6.45) is 2.75. The highest BCUT2D eigenvalue weighted by Crippen LogP contribution is 2.14. The third-order valence-electron chi connectivity index (χ3n) is 3.05. The highest BCUT2D eigenvalue weighted by Gasteiger charge is 2.05. The first-order valence-electron chi connectivity index (χ1n) is 7.05. The number of nitrogens with zero attached hydrogens (tertiary/aromatic N) is 1. The summed E-state index contributed by atoms with van der Waals surface area (Å²) in [5.41, 5.74) is 2.41. The fourth-order valence-electron chi connectivity index (χ4n) is 1.87. The van der Waals surface area contributed by atoms with Crippen LogP contribution in [0.25, 0.3) is 6.08 Å². The topological polar surface area (TPSA) is 84.3 Å². The molecule has 0 aliphatic rings. The number of rotatable bonds is 4. The molecule has 24 heavy (non-hydrogen) atoms. The molecule has 122 valence electrons. The summed E-state index contributed by atoms with van der Waals surface area (Å²) in [4.78, 5) is 22.1. The molecule has 0 aliphatic carbocycles. The standard InChI is InChI=1S/C17H15N3O3S/c1-12-5-8-14(9-6-12)18-17(24)19-16(21)10-7-13-3-2-4-15(11-13)20(22)23/h2-11H,1H3,(H2,18,19,21,24)/b10-7+. The Kier molecular flexibility index (Phi) is 5.75. The van der Waals surface area contributed by atoms with E-state index in [1.165, 1.54) is 24.3 Å². The average Bonchev–Trinajstić information content (AvgIpc) is 2.55. The maximum atomic E-state index is 11.8. The lowest BCUT2D eigenvalue weighted by Gasteiger charge is -2.08. The van der Waals surface area contributed by atoms with Crippen LogP contribution in [0.1, 0.15) is 11.1 Å². The summed E-state index contributed by atoms with van der Waals surface area (Å²) in [5.74, 6) is -0.425. The van der Waals surface area contributed by atoms with Crippen molar-refractivity contribution < 1.29 is 9.72 Å². The molecular weight excluding hydrogens is 326 g/mol. The molecule has 2 aromatic carbocycles. The third-order valence-corrected chi connectivity index (χ3v) is 3.26. The molecule has 2 rings (SSSR count). The Hall–Kier alpha value is -3.06. The normalized spacial score (nSPS) is 10.4. The minimum Gasteiger partial charge on any atom is -0.332 e. The number of nitro groups is 1. The number of nitro benzene ring substituents is 1. The molecule has 2 aromatic rings. The zero-order valence-electron chi connectivity index (χ0n) is 12.9. The third kappa shape index (κ3) is 5.29. The van der Waals surface area contributed by atoms with Crippen LogP contribution >= 0.6 is 12.2 Å². The van der Waals surface area contributed by atoms with E-state index < -0.39 is 10.8 Å². The fourth-order valence-corrected chi connectivity index (χ4v) is 2.09. The number of nitrogens with one attached hydrogen (secondary N) is 2. The Morgan fingerprint density at radius 1 is 1.21 bits per heavy atom. The van der Waals surface area contributed by atoms with Crippen molar-refractivity contribution in [1.29, 1.82) is 0 Å². The van der Waals surface area contributed by atoms with Gasteiger partial charge in [0.25, 0.3) is 5.69 Å². The Bertz CT molecular complexity index is 801. The van der Waals surface area contributed by atoms with Gasteiger partial charge in [-0.3, -0.25) is 20.2 Å². The van der Waals surface area contributed by atoms with Crippen molar-refractivity contribution in [2.75, 3.05) is 5.32 Å². The summed E-state index contributed by atoms with van der Waals surface area (Å²) in [7, 11) is 0. The Labute approximate surface area is 144 Å². The molecule has 1 amide bonds. The molecule has 0 saturated heterocycles. The zero-order chi connectivity index (χ0) is 17.5. The SMILES string of the molecule is Cc1ccc(NC(=S)NC(=O)/C=C/c2cccc([N+](=O)[O-])c2)cc1.